The molecule has 1 aromatic rings. The highest BCUT2D eigenvalue weighted by molar-refractivity contribution is 5.85. The van der Waals surface area contributed by atoms with E-state index in [0.29, 0.717) is 12.1 Å². The van der Waals surface area contributed by atoms with Crippen molar-refractivity contribution in [3.8, 4) is 0 Å². The monoisotopic (exact) mass is 286 g/mol. The summed E-state index contributed by atoms with van der Waals surface area (Å²) in [6, 6.07) is 4.96. The number of rotatable bonds is 3. The topological polar surface area (TPSA) is 41.1 Å². The molecule has 0 saturated carbocycles. The van der Waals surface area contributed by atoms with Gasteiger partial charge in [-0.1, -0.05) is 18.6 Å². The lowest BCUT2D eigenvalue weighted by Crippen LogP contribution is -2.46. The van der Waals surface area contributed by atoms with Crippen molar-refractivity contribution in [3.05, 3.63) is 35.1 Å². The molecule has 1 aliphatic heterocycles. The summed E-state index contributed by atoms with van der Waals surface area (Å²) in [6.07, 6.45) is 3.10. The Balaban J connectivity index is 0.00000180. The lowest BCUT2D eigenvalue weighted by Gasteiger charge is -2.22. The Morgan fingerprint density at radius 3 is 2.89 bits per heavy atom. The SMILES string of the molecule is Cc1ccc(CNC(=O)C2CCCCN2)cc1F.Cl. The highest BCUT2D eigenvalue weighted by Crippen LogP contribution is 2.10. The minimum Gasteiger partial charge on any atom is -0.351 e. The summed E-state index contributed by atoms with van der Waals surface area (Å²) < 4.78 is 13.3. The molecule has 3 nitrogen and oxygen atoms in total. The average Bonchev–Trinajstić information content (AvgIpc) is 2.41. The van der Waals surface area contributed by atoms with Gasteiger partial charge in [0.05, 0.1) is 6.04 Å². The van der Waals surface area contributed by atoms with Crippen LogP contribution in [0.5, 0.6) is 0 Å². The van der Waals surface area contributed by atoms with E-state index in [1.165, 1.54) is 6.07 Å². The highest BCUT2D eigenvalue weighted by atomic mass is 35.5. The molecular weight excluding hydrogens is 267 g/mol. The van der Waals surface area contributed by atoms with Crippen LogP contribution in [-0.2, 0) is 11.3 Å². The van der Waals surface area contributed by atoms with Gasteiger partial charge in [0.2, 0.25) is 5.91 Å². The second-order valence-electron chi connectivity index (χ2n) is 4.80. The summed E-state index contributed by atoms with van der Waals surface area (Å²) in [5.41, 5.74) is 1.42. The molecule has 2 N–H and O–H groups in total. The Labute approximate surface area is 119 Å². The molecule has 2 rings (SSSR count). The predicted octanol–water partition coefficient (Wildman–Crippen LogP) is 2.31. The molecule has 0 bridgehead atoms. The second kappa shape index (κ2) is 7.46. The van der Waals surface area contributed by atoms with Crippen LogP contribution in [0, 0.1) is 12.7 Å². The van der Waals surface area contributed by atoms with E-state index in [9.17, 15) is 9.18 Å². The first-order chi connectivity index (χ1) is 8.66. The van der Waals surface area contributed by atoms with Crippen LogP contribution in [0.4, 0.5) is 4.39 Å². The van der Waals surface area contributed by atoms with Crippen LogP contribution < -0.4 is 10.6 Å². The molecule has 1 fully saturated rings. The molecule has 1 unspecified atom stereocenters. The van der Waals surface area contributed by atoms with Crippen LogP contribution in [-0.4, -0.2) is 18.5 Å². The molecule has 1 aromatic carbocycles. The van der Waals surface area contributed by atoms with Gasteiger partial charge in [-0.05, 0) is 43.5 Å². The minimum absolute atomic E-state index is 0. The molecule has 1 amide bonds. The maximum atomic E-state index is 13.3. The molecule has 0 aromatic heterocycles. The van der Waals surface area contributed by atoms with Crippen molar-refractivity contribution in [1.29, 1.82) is 0 Å². The third-order valence-corrected chi connectivity index (χ3v) is 3.33. The van der Waals surface area contributed by atoms with Crippen LogP contribution in [0.25, 0.3) is 0 Å². The predicted molar refractivity (Wildman–Crippen MR) is 75.9 cm³/mol. The summed E-state index contributed by atoms with van der Waals surface area (Å²) in [5, 5.41) is 6.04. The number of hydrogen-bond donors (Lipinski definition) is 2. The lowest BCUT2D eigenvalue weighted by atomic mass is 10.0. The number of halogens is 2. The molecule has 0 spiro atoms. The van der Waals surface area contributed by atoms with Crippen molar-refractivity contribution < 1.29 is 9.18 Å². The fraction of sp³-hybridized carbons (Fsp3) is 0.500. The minimum atomic E-state index is -0.224. The zero-order valence-corrected chi connectivity index (χ0v) is 11.9. The van der Waals surface area contributed by atoms with Crippen molar-refractivity contribution in [2.45, 2.75) is 38.8 Å². The van der Waals surface area contributed by atoms with E-state index < -0.39 is 0 Å². The van der Waals surface area contributed by atoms with E-state index in [4.69, 9.17) is 0 Å². The lowest BCUT2D eigenvalue weighted by molar-refractivity contribution is -0.123. The van der Waals surface area contributed by atoms with Gasteiger partial charge in [0.25, 0.3) is 0 Å². The molecule has 1 saturated heterocycles. The van der Waals surface area contributed by atoms with Crippen molar-refractivity contribution in [1.82, 2.24) is 10.6 Å². The molecule has 1 heterocycles. The molecule has 0 aliphatic carbocycles. The van der Waals surface area contributed by atoms with Gasteiger partial charge in [-0.15, -0.1) is 12.4 Å². The number of carbonyl (C=O) groups is 1. The summed E-state index contributed by atoms with van der Waals surface area (Å²) in [6.45, 7) is 3.01. The summed E-state index contributed by atoms with van der Waals surface area (Å²) >= 11 is 0. The Morgan fingerprint density at radius 2 is 2.26 bits per heavy atom. The standard InChI is InChI=1S/C14H19FN2O.ClH/c1-10-5-6-11(8-12(10)15)9-17-14(18)13-4-2-3-7-16-13;/h5-6,8,13,16H,2-4,7,9H2,1H3,(H,17,18);1H. The van der Waals surface area contributed by atoms with Gasteiger partial charge in [0.1, 0.15) is 5.82 Å². The first kappa shape index (κ1) is 15.9. The number of piperidine rings is 1. The molecule has 1 aliphatic rings. The van der Waals surface area contributed by atoms with Crippen LogP contribution >= 0.6 is 12.4 Å². The molecule has 19 heavy (non-hydrogen) atoms. The Hall–Kier alpha value is -1.13. The van der Waals surface area contributed by atoms with Gasteiger partial charge in [0.15, 0.2) is 0 Å². The van der Waals surface area contributed by atoms with Gasteiger partial charge in [-0.2, -0.15) is 0 Å². The van der Waals surface area contributed by atoms with E-state index in [1.54, 1.807) is 13.0 Å². The molecule has 0 radical (unpaired) electrons. The summed E-state index contributed by atoms with van der Waals surface area (Å²) in [7, 11) is 0. The Bertz CT molecular complexity index is 433. The van der Waals surface area contributed by atoms with E-state index in [-0.39, 0.29) is 30.2 Å². The number of benzene rings is 1. The maximum absolute atomic E-state index is 13.3. The number of nitrogens with one attached hydrogen (secondary N) is 2. The fourth-order valence-electron chi connectivity index (χ4n) is 2.13. The van der Waals surface area contributed by atoms with E-state index >= 15 is 0 Å². The second-order valence-corrected chi connectivity index (χ2v) is 4.80. The van der Waals surface area contributed by atoms with Gasteiger partial charge >= 0.3 is 0 Å². The first-order valence-corrected chi connectivity index (χ1v) is 6.43. The summed E-state index contributed by atoms with van der Waals surface area (Å²) in [4.78, 5) is 11.9. The van der Waals surface area contributed by atoms with Crippen molar-refractivity contribution in [2.75, 3.05) is 6.54 Å². The largest absolute Gasteiger partial charge is 0.351 e. The first-order valence-electron chi connectivity index (χ1n) is 6.43. The van der Waals surface area contributed by atoms with Crippen molar-refractivity contribution in [3.63, 3.8) is 0 Å². The van der Waals surface area contributed by atoms with Crippen molar-refractivity contribution >= 4 is 18.3 Å². The van der Waals surface area contributed by atoms with Crippen LogP contribution in [0.15, 0.2) is 18.2 Å². The van der Waals surface area contributed by atoms with Crippen LogP contribution in [0.1, 0.15) is 30.4 Å². The number of amides is 1. The van der Waals surface area contributed by atoms with Gasteiger partial charge in [-0.3, -0.25) is 4.79 Å². The fourth-order valence-corrected chi connectivity index (χ4v) is 2.13. The zero-order chi connectivity index (χ0) is 13.0. The Kier molecular flexibility index (Phi) is 6.25. The van der Waals surface area contributed by atoms with Gasteiger partial charge in [-0.25, -0.2) is 4.39 Å². The quantitative estimate of drug-likeness (QED) is 0.895. The molecule has 5 heteroatoms. The third-order valence-electron chi connectivity index (χ3n) is 3.33. The van der Waals surface area contributed by atoms with Crippen LogP contribution in [0.3, 0.4) is 0 Å². The average molecular weight is 287 g/mol. The number of hydrogen-bond acceptors (Lipinski definition) is 2. The van der Waals surface area contributed by atoms with Gasteiger partial charge in [0, 0.05) is 6.54 Å². The van der Waals surface area contributed by atoms with E-state index in [1.807, 2.05) is 6.07 Å². The third kappa shape index (κ3) is 4.48. The molecular formula is C14H20ClFN2O. The van der Waals surface area contributed by atoms with E-state index in [2.05, 4.69) is 10.6 Å². The summed E-state index contributed by atoms with van der Waals surface area (Å²) in [5.74, 6) is -0.215. The number of carbonyl (C=O) groups excluding carboxylic acids is 1. The maximum Gasteiger partial charge on any atom is 0.237 e. The van der Waals surface area contributed by atoms with Crippen LogP contribution in [0.2, 0.25) is 0 Å². The molecule has 1 atom stereocenters. The number of aryl methyl sites for hydroxylation is 1. The smallest absolute Gasteiger partial charge is 0.237 e. The van der Waals surface area contributed by atoms with Crippen molar-refractivity contribution in [2.24, 2.45) is 0 Å². The van der Waals surface area contributed by atoms with E-state index in [0.717, 1.165) is 31.4 Å². The van der Waals surface area contributed by atoms with Gasteiger partial charge < -0.3 is 10.6 Å². The zero-order valence-electron chi connectivity index (χ0n) is 11.0. The molecule has 106 valence electrons. The Morgan fingerprint density at radius 1 is 1.47 bits per heavy atom. The normalized spacial score (nSPS) is 18.5. The highest BCUT2D eigenvalue weighted by Gasteiger charge is 2.19.